The van der Waals surface area contributed by atoms with Gasteiger partial charge in [0.05, 0.1) is 16.6 Å². The Morgan fingerprint density at radius 2 is 2.00 bits per heavy atom. The average Bonchev–Trinajstić information content (AvgIpc) is 2.94. The molecule has 24 heavy (non-hydrogen) atoms. The highest BCUT2D eigenvalue weighted by Gasteiger charge is 2.48. The van der Waals surface area contributed by atoms with E-state index in [1.807, 2.05) is 11.6 Å². The van der Waals surface area contributed by atoms with Gasteiger partial charge in [0, 0.05) is 23.3 Å². The van der Waals surface area contributed by atoms with Gasteiger partial charge in [-0.2, -0.15) is 0 Å². The highest BCUT2D eigenvalue weighted by atomic mass is 32.1. The van der Waals surface area contributed by atoms with Crippen LogP contribution in [-0.4, -0.2) is 10.8 Å². The molecule has 0 saturated carbocycles. The number of carbonyl (C=O) groups is 1. The zero-order chi connectivity index (χ0) is 17.1. The van der Waals surface area contributed by atoms with Crippen molar-refractivity contribution in [1.29, 1.82) is 0 Å². The van der Waals surface area contributed by atoms with E-state index in [0.29, 0.717) is 6.42 Å². The summed E-state index contributed by atoms with van der Waals surface area (Å²) >= 11 is 1.57. The van der Waals surface area contributed by atoms with E-state index < -0.39 is 5.41 Å². The molecule has 4 rings (SSSR count). The van der Waals surface area contributed by atoms with Gasteiger partial charge in [0.2, 0.25) is 0 Å². The first-order chi connectivity index (χ1) is 11.3. The quantitative estimate of drug-likeness (QED) is 0.743. The van der Waals surface area contributed by atoms with Crippen molar-refractivity contribution >= 4 is 17.1 Å². The third-order valence-electron chi connectivity index (χ3n) is 5.34. The molecule has 2 nitrogen and oxygen atoms in total. The smallest absolute Gasteiger partial charge is 0.160 e. The maximum atomic E-state index is 13.9. The Morgan fingerprint density at radius 3 is 2.75 bits per heavy atom. The van der Waals surface area contributed by atoms with Gasteiger partial charge in [-0.25, -0.2) is 9.37 Å². The SMILES string of the molecule is CC1(C)CC(=O)C2=C(Cc3ncsc3[C@@]2(C)c2cccc(F)c2)C1. The third-order valence-corrected chi connectivity index (χ3v) is 6.43. The molecule has 0 saturated heterocycles. The van der Waals surface area contributed by atoms with Gasteiger partial charge in [-0.1, -0.05) is 31.6 Å². The first-order valence-corrected chi connectivity index (χ1v) is 9.14. The zero-order valence-electron chi connectivity index (χ0n) is 14.1. The molecule has 1 atom stereocenters. The monoisotopic (exact) mass is 341 g/mol. The highest BCUT2D eigenvalue weighted by Crippen LogP contribution is 2.53. The lowest BCUT2D eigenvalue weighted by Gasteiger charge is -2.43. The fraction of sp³-hybridized carbons (Fsp3) is 0.400. The van der Waals surface area contributed by atoms with Crippen LogP contribution in [0.2, 0.25) is 0 Å². The predicted molar refractivity (Wildman–Crippen MR) is 93.7 cm³/mol. The Bertz CT molecular complexity index is 879. The van der Waals surface area contributed by atoms with Crippen molar-refractivity contribution in [2.45, 2.75) is 45.4 Å². The normalized spacial score (nSPS) is 25.4. The topological polar surface area (TPSA) is 30.0 Å². The fourth-order valence-corrected chi connectivity index (χ4v) is 5.43. The molecule has 0 fully saturated rings. The van der Waals surface area contributed by atoms with E-state index in [2.05, 4.69) is 25.8 Å². The summed E-state index contributed by atoms with van der Waals surface area (Å²) in [5, 5.41) is 0. The number of rotatable bonds is 1. The lowest BCUT2D eigenvalue weighted by molar-refractivity contribution is -0.118. The summed E-state index contributed by atoms with van der Waals surface area (Å²) in [4.78, 5) is 18.7. The molecule has 0 aliphatic heterocycles. The molecule has 0 radical (unpaired) electrons. The Balaban J connectivity index is 2.00. The van der Waals surface area contributed by atoms with Crippen molar-refractivity contribution < 1.29 is 9.18 Å². The summed E-state index contributed by atoms with van der Waals surface area (Å²) in [5.74, 6) is -0.0665. The van der Waals surface area contributed by atoms with Gasteiger partial charge in [0.15, 0.2) is 5.78 Å². The minimum atomic E-state index is -0.597. The highest BCUT2D eigenvalue weighted by molar-refractivity contribution is 7.10. The van der Waals surface area contributed by atoms with E-state index >= 15 is 0 Å². The van der Waals surface area contributed by atoms with Gasteiger partial charge in [0.25, 0.3) is 0 Å². The molecule has 1 aromatic carbocycles. The second kappa shape index (κ2) is 5.09. The molecule has 0 bridgehead atoms. The molecule has 124 valence electrons. The molecule has 4 heteroatoms. The van der Waals surface area contributed by atoms with Gasteiger partial charge in [-0.3, -0.25) is 4.79 Å². The van der Waals surface area contributed by atoms with Crippen LogP contribution in [-0.2, 0) is 16.6 Å². The largest absolute Gasteiger partial charge is 0.294 e. The Labute approximate surface area is 145 Å². The lowest BCUT2D eigenvalue weighted by Crippen LogP contribution is -2.40. The second-order valence-corrected chi connectivity index (χ2v) is 8.71. The van der Waals surface area contributed by atoms with E-state index in [-0.39, 0.29) is 17.0 Å². The number of fused-ring (bicyclic) bond motifs is 1. The number of thiazole rings is 1. The molecule has 1 aromatic heterocycles. The first kappa shape index (κ1) is 15.7. The van der Waals surface area contributed by atoms with E-state index in [1.54, 1.807) is 23.5 Å². The number of Topliss-reactive ketones (excluding diaryl/α,β-unsaturated/α-hetero) is 1. The Hall–Kier alpha value is -1.81. The standard InChI is InChI=1S/C20H20FNOS/c1-19(2)9-12-7-15-18(24-11-22-15)20(3,17(12)16(23)10-19)13-5-4-6-14(21)8-13/h4-6,8,11H,7,9-10H2,1-3H3/t20-/m0/s1. The Morgan fingerprint density at radius 1 is 1.21 bits per heavy atom. The number of benzene rings is 1. The maximum absolute atomic E-state index is 13.9. The van der Waals surface area contributed by atoms with Crippen molar-refractivity contribution in [3.05, 3.63) is 62.9 Å². The van der Waals surface area contributed by atoms with Crippen LogP contribution in [0, 0.1) is 11.2 Å². The number of hydrogen-bond acceptors (Lipinski definition) is 3. The lowest BCUT2D eigenvalue weighted by atomic mass is 9.60. The Kier molecular flexibility index (Phi) is 3.33. The van der Waals surface area contributed by atoms with Crippen LogP contribution in [0.25, 0.3) is 0 Å². The average molecular weight is 341 g/mol. The molecule has 2 aromatic rings. The summed E-state index contributed by atoms with van der Waals surface area (Å²) in [6, 6.07) is 6.66. The van der Waals surface area contributed by atoms with Crippen LogP contribution in [0.3, 0.4) is 0 Å². The predicted octanol–water partition coefficient (Wildman–Crippen LogP) is 4.83. The van der Waals surface area contributed by atoms with E-state index in [0.717, 1.165) is 34.5 Å². The second-order valence-electron chi connectivity index (χ2n) is 7.86. The molecule has 2 aliphatic rings. The summed E-state index contributed by atoms with van der Waals surface area (Å²) in [5.41, 5.74) is 5.16. The minimum absolute atomic E-state index is 0.0215. The summed E-state index contributed by atoms with van der Waals surface area (Å²) in [6.07, 6.45) is 2.19. The van der Waals surface area contributed by atoms with E-state index in [4.69, 9.17) is 0 Å². The number of aromatic nitrogens is 1. The van der Waals surface area contributed by atoms with E-state index in [9.17, 15) is 9.18 Å². The van der Waals surface area contributed by atoms with Crippen LogP contribution in [0.1, 0.15) is 49.7 Å². The van der Waals surface area contributed by atoms with Gasteiger partial charge in [-0.05, 0) is 36.5 Å². The van der Waals surface area contributed by atoms with Gasteiger partial charge in [-0.15, -0.1) is 11.3 Å². The van der Waals surface area contributed by atoms with Crippen molar-refractivity contribution in [1.82, 2.24) is 4.98 Å². The number of nitrogens with zero attached hydrogens (tertiary/aromatic N) is 1. The first-order valence-electron chi connectivity index (χ1n) is 8.26. The van der Waals surface area contributed by atoms with Crippen molar-refractivity contribution in [3.8, 4) is 0 Å². The molecule has 0 amide bonds. The maximum Gasteiger partial charge on any atom is 0.160 e. The molecule has 2 aliphatic carbocycles. The van der Waals surface area contributed by atoms with Crippen molar-refractivity contribution in [2.24, 2.45) is 5.41 Å². The van der Waals surface area contributed by atoms with E-state index in [1.165, 1.54) is 11.6 Å². The summed E-state index contributed by atoms with van der Waals surface area (Å²) in [7, 11) is 0. The number of ketones is 1. The van der Waals surface area contributed by atoms with Gasteiger partial charge in [0.1, 0.15) is 5.82 Å². The summed E-state index contributed by atoms with van der Waals surface area (Å²) < 4.78 is 13.9. The zero-order valence-corrected chi connectivity index (χ0v) is 15.0. The van der Waals surface area contributed by atoms with Crippen molar-refractivity contribution in [2.75, 3.05) is 0 Å². The number of carbonyl (C=O) groups excluding carboxylic acids is 1. The van der Waals surface area contributed by atoms with Crippen LogP contribution in [0.4, 0.5) is 4.39 Å². The third kappa shape index (κ3) is 2.20. The van der Waals surface area contributed by atoms with Crippen LogP contribution >= 0.6 is 11.3 Å². The van der Waals surface area contributed by atoms with Gasteiger partial charge < -0.3 is 0 Å². The number of halogens is 1. The minimum Gasteiger partial charge on any atom is -0.294 e. The molecule has 0 N–H and O–H groups in total. The fourth-order valence-electron chi connectivity index (χ4n) is 4.42. The van der Waals surface area contributed by atoms with Crippen molar-refractivity contribution in [3.63, 3.8) is 0 Å². The summed E-state index contributed by atoms with van der Waals surface area (Å²) in [6.45, 7) is 6.35. The number of hydrogen-bond donors (Lipinski definition) is 0. The molecule has 1 heterocycles. The van der Waals surface area contributed by atoms with Crippen LogP contribution in [0.5, 0.6) is 0 Å². The van der Waals surface area contributed by atoms with Gasteiger partial charge >= 0.3 is 0 Å². The van der Waals surface area contributed by atoms with Crippen LogP contribution < -0.4 is 0 Å². The molecule has 0 spiro atoms. The molecular formula is C20H20FNOS. The molecule has 0 unspecified atom stereocenters. The molecular weight excluding hydrogens is 321 g/mol. The van der Waals surface area contributed by atoms with Crippen LogP contribution in [0.15, 0.2) is 40.9 Å². The number of allylic oxidation sites excluding steroid dienone is 2.